The number of carbonyl (C=O) groups is 1. The molecule has 0 bridgehead atoms. The first-order valence-electron chi connectivity index (χ1n) is 11.4. The molecule has 0 atom stereocenters. The largest absolute Gasteiger partial charge is 0.354 e. The number of amides is 1. The number of hydrogen-bond donors (Lipinski definition) is 1. The molecule has 0 aliphatic carbocycles. The lowest BCUT2D eigenvalue weighted by atomic mass is 10.0. The lowest BCUT2D eigenvalue weighted by molar-refractivity contribution is -0.384. The average molecular weight is 483 g/mol. The van der Waals surface area contributed by atoms with Crippen LogP contribution in [-0.2, 0) is 24.3 Å². The zero-order chi connectivity index (χ0) is 25.1. The topological polar surface area (TPSA) is 125 Å². The Morgan fingerprint density at radius 2 is 1.78 bits per heavy atom. The molecule has 36 heavy (non-hydrogen) atoms. The maximum atomic E-state index is 12.9. The van der Waals surface area contributed by atoms with Gasteiger partial charge in [-0.2, -0.15) is 5.10 Å². The summed E-state index contributed by atoms with van der Waals surface area (Å²) in [6, 6.07) is 19.9. The number of hydrogen-bond acceptors (Lipinski definition) is 6. The zero-order valence-electron chi connectivity index (χ0n) is 19.2. The van der Waals surface area contributed by atoms with Crippen LogP contribution in [0.5, 0.6) is 0 Å². The summed E-state index contributed by atoms with van der Waals surface area (Å²) in [5.74, 6) is -0.0961. The normalized spacial score (nSPS) is 11.1. The standard InChI is InChI=1S/C26H22N6O4/c33-24(14-20-6-3-5-19-4-1-2-7-22(19)20)27-12-13-31-25-23(15-29-31)26(34)30(17-28-25)16-18-8-10-21(11-9-18)32(35)36/h1-11,15,17H,12-14,16H2,(H,27,33). The minimum absolute atomic E-state index is 0.00911. The van der Waals surface area contributed by atoms with Crippen molar-refractivity contribution >= 4 is 33.4 Å². The molecule has 10 nitrogen and oxygen atoms in total. The van der Waals surface area contributed by atoms with E-state index in [1.807, 2.05) is 42.5 Å². The summed E-state index contributed by atoms with van der Waals surface area (Å²) in [6.45, 7) is 0.937. The van der Waals surface area contributed by atoms with E-state index >= 15 is 0 Å². The predicted molar refractivity (Wildman–Crippen MR) is 135 cm³/mol. The smallest absolute Gasteiger partial charge is 0.269 e. The molecule has 0 fully saturated rings. The lowest BCUT2D eigenvalue weighted by Gasteiger charge is -2.09. The number of fused-ring (bicyclic) bond motifs is 2. The summed E-state index contributed by atoms with van der Waals surface area (Å²) in [5, 5.41) is 20.5. The Balaban J connectivity index is 1.23. The average Bonchev–Trinajstić information content (AvgIpc) is 3.30. The van der Waals surface area contributed by atoms with Crippen LogP contribution >= 0.6 is 0 Å². The van der Waals surface area contributed by atoms with Crippen molar-refractivity contribution in [3.8, 4) is 0 Å². The Morgan fingerprint density at radius 1 is 1.00 bits per heavy atom. The molecule has 0 aliphatic heterocycles. The Hall–Kier alpha value is -4.86. The van der Waals surface area contributed by atoms with Crippen molar-refractivity contribution in [2.24, 2.45) is 0 Å². The molecule has 0 aliphatic rings. The molecule has 0 spiro atoms. The molecule has 1 N–H and O–H groups in total. The van der Waals surface area contributed by atoms with Gasteiger partial charge in [-0.1, -0.05) is 54.6 Å². The van der Waals surface area contributed by atoms with Crippen molar-refractivity contribution in [3.63, 3.8) is 0 Å². The Bertz CT molecular complexity index is 1630. The SMILES string of the molecule is O=C(Cc1cccc2ccccc12)NCCn1ncc2c(=O)n(Cc3ccc([N+](=O)[O-])cc3)cnc21. The molecule has 0 unspecified atom stereocenters. The number of aromatic nitrogens is 4. The van der Waals surface area contributed by atoms with Crippen molar-refractivity contribution in [3.05, 3.63) is 111 Å². The van der Waals surface area contributed by atoms with Crippen LogP contribution in [0.25, 0.3) is 21.8 Å². The molecule has 10 heteroatoms. The van der Waals surface area contributed by atoms with Crippen LogP contribution in [0, 0.1) is 10.1 Å². The van der Waals surface area contributed by atoms with Crippen LogP contribution in [-0.4, -0.2) is 36.7 Å². The van der Waals surface area contributed by atoms with Gasteiger partial charge in [0.2, 0.25) is 5.91 Å². The lowest BCUT2D eigenvalue weighted by Crippen LogP contribution is -2.29. The van der Waals surface area contributed by atoms with E-state index in [1.165, 1.54) is 29.2 Å². The maximum Gasteiger partial charge on any atom is 0.269 e. The first-order chi connectivity index (χ1) is 17.5. The molecule has 5 rings (SSSR count). The van der Waals surface area contributed by atoms with Crippen LogP contribution < -0.4 is 10.9 Å². The summed E-state index contributed by atoms with van der Waals surface area (Å²) >= 11 is 0. The van der Waals surface area contributed by atoms with Gasteiger partial charge in [0.25, 0.3) is 11.2 Å². The van der Waals surface area contributed by atoms with Crippen molar-refractivity contribution < 1.29 is 9.72 Å². The first-order valence-corrected chi connectivity index (χ1v) is 11.4. The molecule has 3 aromatic carbocycles. The zero-order valence-corrected chi connectivity index (χ0v) is 19.2. The van der Waals surface area contributed by atoms with Gasteiger partial charge in [0, 0.05) is 18.7 Å². The third-order valence-corrected chi connectivity index (χ3v) is 6.00. The van der Waals surface area contributed by atoms with E-state index in [4.69, 9.17) is 0 Å². The molecule has 180 valence electrons. The fourth-order valence-electron chi connectivity index (χ4n) is 4.18. The molecule has 2 heterocycles. The monoisotopic (exact) mass is 482 g/mol. The van der Waals surface area contributed by atoms with E-state index in [9.17, 15) is 19.7 Å². The Kier molecular flexibility index (Phi) is 6.23. The van der Waals surface area contributed by atoms with E-state index in [0.29, 0.717) is 24.1 Å². The number of nitro benzene ring substituents is 1. The Morgan fingerprint density at radius 3 is 2.58 bits per heavy atom. The molecule has 5 aromatic rings. The minimum Gasteiger partial charge on any atom is -0.354 e. The van der Waals surface area contributed by atoms with Crippen LogP contribution in [0.1, 0.15) is 11.1 Å². The number of benzene rings is 3. The van der Waals surface area contributed by atoms with E-state index < -0.39 is 4.92 Å². The fraction of sp³-hybridized carbons (Fsp3) is 0.154. The molecule has 1 amide bonds. The Labute approximate surface area is 205 Å². The van der Waals surface area contributed by atoms with Crippen LogP contribution in [0.3, 0.4) is 0 Å². The van der Waals surface area contributed by atoms with Crippen molar-refractivity contribution in [2.45, 2.75) is 19.5 Å². The highest BCUT2D eigenvalue weighted by Crippen LogP contribution is 2.19. The number of carbonyl (C=O) groups excluding carboxylic acids is 1. The van der Waals surface area contributed by atoms with E-state index in [-0.39, 0.29) is 30.1 Å². The second-order valence-electron chi connectivity index (χ2n) is 8.37. The summed E-state index contributed by atoms with van der Waals surface area (Å²) in [4.78, 5) is 40.2. The van der Waals surface area contributed by atoms with Gasteiger partial charge in [0.05, 0.1) is 30.6 Å². The summed E-state index contributed by atoms with van der Waals surface area (Å²) in [5.41, 5.74) is 1.87. The molecular weight excluding hydrogens is 460 g/mol. The number of rotatable bonds is 8. The third-order valence-electron chi connectivity index (χ3n) is 6.00. The van der Waals surface area contributed by atoms with Gasteiger partial charge in [-0.3, -0.25) is 24.3 Å². The van der Waals surface area contributed by atoms with Crippen molar-refractivity contribution in [1.29, 1.82) is 0 Å². The molecular formula is C26H22N6O4. The second-order valence-corrected chi connectivity index (χ2v) is 8.37. The van der Waals surface area contributed by atoms with Gasteiger partial charge in [-0.05, 0) is 21.9 Å². The highest BCUT2D eigenvalue weighted by atomic mass is 16.6. The van der Waals surface area contributed by atoms with Crippen LogP contribution in [0.2, 0.25) is 0 Å². The second kappa shape index (κ2) is 9.79. The van der Waals surface area contributed by atoms with Gasteiger partial charge in [0.1, 0.15) is 11.7 Å². The van der Waals surface area contributed by atoms with Crippen LogP contribution in [0.15, 0.2) is 84.0 Å². The molecule has 0 radical (unpaired) electrons. The van der Waals surface area contributed by atoms with Crippen molar-refractivity contribution in [1.82, 2.24) is 24.6 Å². The first kappa shape index (κ1) is 22.9. The number of nitrogens with one attached hydrogen (secondary N) is 1. The predicted octanol–water partition coefficient (Wildman–Crippen LogP) is 3.06. The third kappa shape index (κ3) is 4.69. The van der Waals surface area contributed by atoms with E-state index in [0.717, 1.165) is 21.9 Å². The maximum absolute atomic E-state index is 12.9. The highest BCUT2D eigenvalue weighted by Gasteiger charge is 2.12. The minimum atomic E-state index is -0.468. The fourth-order valence-corrected chi connectivity index (χ4v) is 4.18. The van der Waals surface area contributed by atoms with Gasteiger partial charge < -0.3 is 5.32 Å². The summed E-state index contributed by atoms with van der Waals surface area (Å²) in [6.07, 6.45) is 3.17. The summed E-state index contributed by atoms with van der Waals surface area (Å²) in [7, 11) is 0. The molecule has 0 saturated heterocycles. The molecule has 2 aromatic heterocycles. The van der Waals surface area contributed by atoms with Gasteiger partial charge >= 0.3 is 0 Å². The number of nitro groups is 1. The summed E-state index contributed by atoms with van der Waals surface area (Å²) < 4.78 is 3.02. The molecule has 0 saturated carbocycles. The number of non-ortho nitro benzene ring substituents is 1. The van der Waals surface area contributed by atoms with E-state index in [2.05, 4.69) is 15.4 Å². The van der Waals surface area contributed by atoms with Crippen LogP contribution in [0.4, 0.5) is 5.69 Å². The van der Waals surface area contributed by atoms with Gasteiger partial charge in [0.15, 0.2) is 5.65 Å². The quantitative estimate of drug-likeness (QED) is 0.268. The number of nitrogens with zero attached hydrogens (tertiary/aromatic N) is 5. The van der Waals surface area contributed by atoms with Gasteiger partial charge in [-0.25, -0.2) is 9.67 Å². The van der Waals surface area contributed by atoms with E-state index in [1.54, 1.807) is 16.8 Å². The van der Waals surface area contributed by atoms with Gasteiger partial charge in [-0.15, -0.1) is 0 Å². The highest BCUT2D eigenvalue weighted by molar-refractivity contribution is 5.90. The van der Waals surface area contributed by atoms with Crippen molar-refractivity contribution in [2.75, 3.05) is 6.54 Å².